The molecule has 4 aromatic carbocycles. The number of hydrogen-bond donors (Lipinski definition) is 1. The molecule has 1 saturated heterocycles. The largest absolute Gasteiger partial charge is 0.488 e. The SMILES string of the molecule is O=[N+]([O-])c1ccccc1S(=O)(=O)N1CCCN(S(=O)(=O)c2ccccc2[N+](=O)[O-])CC(Oc2ccc(CCCCCCO)cc2)CN(S(=O)(=O)c2ccccc2[N+](=O)[O-])CCC1. The lowest BCUT2D eigenvalue weighted by molar-refractivity contribution is -0.388. The summed E-state index contributed by atoms with van der Waals surface area (Å²) in [6.45, 7) is -2.99. The zero-order valence-corrected chi connectivity index (χ0v) is 35.8. The number of aliphatic hydroxyl groups excluding tert-OH is 1. The number of nitro benzene ring substituents is 3. The van der Waals surface area contributed by atoms with E-state index in [1.54, 1.807) is 24.3 Å². The second kappa shape index (κ2) is 21.1. The van der Waals surface area contributed by atoms with Crippen molar-refractivity contribution >= 4 is 47.1 Å². The van der Waals surface area contributed by atoms with Crippen LogP contribution in [0, 0.1) is 30.3 Å². The van der Waals surface area contributed by atoms with Crippen molar-refractivity contribution in [3.63, 3.8) is 0 Å². The number of aryl methyl sites for hydroxylation is 1. The maximum absolute atomic E-state index is 14.5. The van der Waals surface area contributed by atoms with Crippen molar-refractivity contribution < 1.29 is 49.9 Å². The summed E-state index contributed by atoms with van der Waals surface area (Å²) in [5.74, 6) is 0.207. The first-order valence-corrected chi connectivity index (χ1v) is 23.9. The number of ether oxygens (including phenoxy) is 1. The zero-order chi connectivity index (χ0) is 45.1. The highest BCUT2D eigenvalue weighted by molar-refractivity contribution is 7.90. The summed E-state index contributed by atoms with van der Waals surface area (Å²) in [5, 5.41) is 45.1. The molecule has 0 amide bonds. The fourth-order valence-corrected chi connectivity index (χ4v) is 12.0. The number of unbranched alkanes of at least 4 members (excludes halogenated alkanes) is 3. The lowest BCUT2D eigenvalue weighted by Gasteiger charge is -2.33. The minimum atomic E-state index is -4.84. The highest BCUT2D eigenvalue weighted by Gasteiger charge is 2.39. The maximum Gasteiger partial charge on any atom is 0.289 e. The van der Waals surface area contributed by atoms with E-state index in [9.17, 15) is 55.6 Å². The number of benzene rings is 4. The van der Waals surface area contributed by atoms with Gasteiger partial charge in [-0.2, -0.15) is 12.9 Å². The van der Waals surface area contributed by atoms with Gasteiger partial charge in [0.1, 0.15) is 11.9 Å². The van der Waals surface area contributed by atoms with Gasteiger partial charge in [0.25, 0.3) is 17.1 Å². The molecule has 0 aromatic heterocycles. The van der Waals surface area contributed by atoms with E-state index in [1.807, 2.05) is 0 Å². The topological polar surface area (TPSA) is 271 Å². The predicted molar refractivity (Wildman–Crippen MR) is 225 cm³/mol. The number of aliphatic hydroxyl groups is 1. The van der Waals surface area contributed by atoms with E-state index in [1.165, 1.54) is 36.4 Å². The first-order valence-electron chi connectivity index (χ1n) is 19.6. The summed E-state index contributed by atoms with van der Waals surface area (Å²) in [4.78, 5) is 31.4. The molecule has 1 heterocycles. The third-order valence-corrected chi connectivity index (χ3v) is 15.9. The van der Waals surface area contributed by atoms with Crippen molar-refractivity contribution in [2.24, 2.45) is 0 Å². The Morgan fingerprint density at radius 3 is 1.31 bits per heavy atom. The lowest BCUT2D eigenvalue weighted by atomic mass is 10.1. The number of nitro groups is 3. The van der Waals surface area contributed by atoms with Crippen molar-refractivity contribution in [1.29, 1.82) is 0 Å². The molecule has 20 nitrogen and oxygen atoms in total. The van der Waals surface area contributed by atoms with Crippen molar-refractivity contribution in [3.8, 4) is 5.75 Å². The summed E-state index contributed by atoms with van der Waals surface area (Å²) in [7, 11) is -14.4. The Morgan fingerprint density at radius 1 is 0.532 bits per heavy atom. The number of sulfonamides is 3. The van der Waals surface area contributed by atoms with Gasteiger partial charge in [0, 0.05) is 51.0 Å². The minimum absolute atomic E-state index is 0.108. The molecular weight excluding hydrogens is 873 g/mol. The Labute approximate surface area is 358 Å². The third kappa shape index (κ3) is 11.5. The molecule has 0 spiro atoms. The molecule has 334 valence electrons. The molecule has 1 fully saturated rings. The molecule has 0 saturated carbocycles. The predicted octanol–water partition coefficient (Wildman–Crippen LogP) is 5.12. The first-order chi connectivity index (χ1) is 29.5. The number of para-hydroxylation sites is 3. The van der Waals surface area contributed by atoms with Gasteiger partial charge in [-0.05, 0) is 68.0 Å². The summed E-state index contributed by atoms with van der Waals surface area (Å²) >= 11 is 0. The summed E-state index contributed by atoms with van der Waals surface area (Å²) in [6, 6.07) is 20.5. The van der Waals surface area contributed by atoms with Crippen LogP contribution in [0.4, 0.5) is 17.1 Å². The fraction of sp³-hybridized carbons (Fsp3) is 0.385. The highest BCUT2D eigenvalue weighted by atomic mass is 32.2. The quantitative estimate of drug-likeness (QED) is 0.0818. The Hall–Kier alpha value is -5.43. The number of nitrogens with zero attached hydrogens (tertiary/aromatic N) is 6. The molecule has 0 aliphatic carbocycles. The first kappa shape index (κ1) is 47.6. The third-order valence-electron chi connectivity index (χ3n) is 10.1. The second-order valence-electron chi connectivity index (χ2n) is 14.3. The van der Waals surface area contributed by atoms with Crippen LogP contribution in [0.5, 0.6) is 5.75 Å². The molecule has 62 heavy (non-hydrogen) atoms. The van der Waals surface area contributed by atoms with Gasteiger partial charge in [-0.1, -0.05) is 61.4 Å². The molecule has 23 heteroatoms. The van der Waals surface area contributed by atoms with Gasteiger partial charge in [0.15, 0.2) is 14.7 Å². The summed E-state index contributed by atoms with van der Waals surface area (Å²) in [5.41, 5.74) is -1.30. The van der Waals surface area contributed by atoms with Crippen molar-refractivity contribution in [1.82, 2.24) is 12.9 Å². The molecule has 1 aliphatic heterocycles. The Bertz CT molecular complexity index is 2460. The van der Waals surface area contributed by atoms with Gasteiger partial charge in [0.05, 0.1) is 27.9 Å². The average molecular weight is 919 g/mol. The van der Waals surface area contributed by atoms with Gasteiger partial charge in [-0.25, -0.2) is 25.3 Å². The van der Waals surface area contributed by atoms with Crippen LogP contribution >= 0.6 is 0 Å². The van der Waals surface area contributed by atoms with Crippen LogP contribution in [0.15, 0.2) is 112 Å². The van der Waals surface area contributed by atoms with Gasteiger partial charge < -0.3 is 9.84 Å². The lowest BCUT2D eigenvalue weighted by Crippen LogP contribution is -2.49. The molecule has 5 rings (SSSR count). The monoisotopic (exact) mass is 918 g/mol. The smallest absolute Gasteiger partial charge is 0.289 e. The van der Waals surface area contributed by atoms with E-state index < -0.39 is 122 Å². The van der Waals surface area contributed by atoms with Crippen LogP contribution in [0.25, 0.3) is 0 Å². The maximum atomic E-state index is 14.5. The molecule has 1 N–H and O–H groups in total. The van der Waals surface area contributed by atoms with Crippen LogP contribution in [0.1, 0.15) is 44.1 Å². The highest BCUT2D eigenvalue weighted by Crippen LogP contribution is 2.32. The molecule has 1 aliphatic rings. The van der Waals surface area contributed by atoms with Crippen LogP contribution in [-0.4, -0.2) is 110 Å². The number of hydrogen-bond acceptors (Lipinski definition) is 14. The van der Waals surface area contributed by atoms with E-state index in [0.29, 0.717) is 12.8 Å². The van der Waals surface area contributed by atoms with Gasteiger partial charge in [-0.15, -0.1) is 0 Å². The molecule has 0 radical (unpaired) electrons. The normalized spacial score (nSPS) is 15.9. The molecule has 0 atom stereocenters. The second-order valence-corrected chi connectivity index (χ2v) is 20.0. The zero-order valence-electron chi connectivity index (χ0n) is 33.4. The summed E-state index contributed by atoms with van der Waals surface area (Å²) < 4.78 is 95.2. The Kier molecular flexibility index (Phi) is 16.2. The van der Waals surface area contributed by atoms with Crippen LogP contribution in [0.2, 0.25) is 0 Å². The van der Waals surface area contributed by atoms with E-state index in [2.05, 4.69) is 0 Å². The molecule has 4 aromatic rings. The summed E-state index contributed by atoms with van der Waals surface area (Å²) in [6.07, 6.45) is 2.20. The van der Waals surface area contributed by atoms with Gasteiger partial charge in [-0.3, -0.25) is 30.3 Å². The Morgan fingerprint density at radius 2 is 0.903 bits per heavy atom. The Balaban J connectivity index is 1.61. The minimum Gasteiger partial charge on any atom is -0.488 e. The average Bonchev–Trinajstić information content (AvgIpc) is 3.24. The van der Waals surface area contributed by atoms with Gasteiger partial charge in [0.2, 0.25) is 30.1 Å². The van der Waals surface area contributed by atoms with E-state index in [0.717, 1.165) is 74.1 Å². The molecular formula is C39H46N6O14S3. The molecule has 0 unspecified atom stereocenters. The van der Waals surface area contributed by atoms with Gasteiger partial charge >= 0.3 is 0 Å². The van der Waals surface area contributed by atoms with Crippen molar-refractivity contribution in [2.45, 2.75) is 65.7 Å². The van der Waals surface area contributed by atoms with Crippen LogP contribution in [-0.2, 0) is 36.5 Å². The van der Waals surface area contributed by atoms with E-state index in [-0.39, 0.29) is 25.2 Å². The van der Waals surface area contributed by atoms with Crippen molar-refractivity contribution in [3.05, 3.63) is 133 Å². The van der Waals surface area contributed by atoms with E-state index in [4.69, 9.17) is 9.84 Å². The fourth-order valence-electron chi connectivity index (χ4n) is 7.02. The van der Waals surface area contributed by atoms with Crippen LogP contribution < -0.4 is 4.74 Å². The van der Waals surface area contributed by atoms with Crippen LogP contribution in [0.3, 0.4) is 0 Å². The molecule has 0 bridgehead atoms. The van der Waals surface area contributed by atoms with E-state index >= 15 is 0 Å². The standard InChI is InChI=1S/C39H46N6O14S3/c46-28-10-2-1-3-13-31-20-22-32(23-21-31)59-33-29-41(61(55,56)38-18-8-5-15-35(38)44(49)50)26-11-24-40(60(53,54)37-17-7-4-14-34(37)43(47)48)25-12-27-42(30-33)62(57,58)39-19-9-6-16-36(39)45(51)52/h4-9,14-23,33,46H,1-3,10-13,24-30H2. The number of rotatable bonds is 17. The van der Waals surface area contributed by atoms with Crippen molar-refractivity contribution in [2.75, 3.05) is 45.9 Å².